The highest BCUT2D eigenvalue weighted by atomic mass is 19.3. The summed E-state index contributed by atoms with van der Waals surface area (Å²) in [6.07, 6.45) is 0.354. The van der Waals surface area contributed by atoms with Crippen LogP contribution < -0.4 is 0 Å². The lowest BCUT2D eigenvalue weighted by molar-refractivity contribution is 0.0775. The molecule has 0 saturated heterocycles. The van der Waals surface area contributed by atoms with Crippen LogP contribution in [0, 0.1) is 6.58 Å². The lowest BCUT2D eigenvalue weighted by Gasteiger charge is -1.97. The Morgan fingerprint density at radius 1 is 1.67 bits per heavy atom. The summed E-state index contributed by atoms with van der Waals surface area (Å²) in [4.78, 5) is 0. The minimum atomic E-state index is -2.81. The third-order valence-electron chi connectivity index (χ3n) is 0.293. The SMILES string of the molecule is [CH]=CC(C)(F)F. The van der Waals surface area contributed by atoms with Gasteiger partial charge in [0, 0.05) is 6.92 Å². The molecule has 0 atom stereocenters. The summed E-state index contributed by atoms with van der Waals surface area (Å²) in [7, 11) is 0. The maximum atomic E-state index is 11.3. The van der Waals surface area contributed by atoms with E-state index in [1.54, 1.807) is 0 Å². The van der Waals surface area contributed by atoms with E-state index < -0.39 is 5.92 Å². The van der Waals surface area contributed by atoms with Gasteiger partial charge in [-0.25, -0.2) is 8.78 Å². The molecule has 0 aromatic rings. The fourth-order valence-corrected chi connectivity index (χ4v) is 0. The molecule has 0 aliphatic carbocycles. The summed E-state index contributed by atoms with van der Waals surface area (Å²) in [5.41, 5.74) is 0. The van der Waals surface area contributed by atoms with Crippen molar-refractivity contribution in [1.29, 1.82) is 0 Å². The zero-order chi connectivity index (χ0) is 5.21. The van der Waals surface area contributed by atoms with E-state index in [1.165, 1.54) is 0 Å². The molecule has 0 N–H and O–H groups in total. The van der Waals surface area contributed by atoms with Gasteiger partial charge in [-0.15, -0.1) is 0 Å². The number of allylic oxidation sites excluding steroid dienone is 1. The Morgan fingerprint density at radius 2 is 1.83 bits per heavy atom. The molecule has 35 valence electrons. The van der Waals surface area contributed by atoms with Crippen LogP contribution in [0.1, 0.15) is 6.92 Å². The van der Waals surface area contributed by atoms with E-state index in [2.05, 4.69) is 6.58 Å². The van der Waals surface area contributed by atoms with Crippen LogP contribution in [0.5, 0.6) is 0 Å². The van der Waals surface area contributed by atoms with E-state index in [9.17, 15) is 8.78 Å². The fraction of sp³-hybridized carbons (Fsp3) is 0.500. The Kier molecular flexibility index (Phi) is 1.28. The van der Waals surface area contributed by atoms with Crippen molar-refractivity contribution in [3.8, 4) is 0 Å². The maximum Gasteiger partial charge on any atom is 0.264 e. The Balaban J connectivity index is 3.45. The Morgan fingerprint density at radius 3 is 1.83 bits per heavy atom. The van der Waals surface area contributed by atoms with E-state index in [0.29, 0.717) is 6.08 Å². The van der Waals surface area contributed by atoms with Crippen LogP contribution in [0.25, 0.3) is 0 Å². The second kappa shape index (κ2) is 1.37. The second-order valence-electron chi connectivity index (χ2n) is 1.12. The van der Waals surface area contributed by atoms with Gasteiger partial charge in [-0.3, -0.25) is 0 Å². The van der Waals surface area contributed by atoms with Crippen molar-refractivity contribution >= 4 is 0 Å². The van der Waals surface area contributed by atoms with Crippen molar-refractivity contribution in [2.24, 2.45) is 0 Å². The molecule has 0 spiro atoms. The minimum Gasteiger partial charge on any atom is -0.202 e. The molecule has 0 fully saturated rings. The molecule has 0 nitrogen and oxygen atoms in total. The molecule has 0 heterocycles. The van der Waals surface area contributed by atoms with Crippen LogP contribution in [-0.4, -0.2) is 5.92 Å². The number of rotatable bonds is 1. The highest BCUT2D eigenvalue weighted by Crippen LogP contribution is 2.10. The molecular weight excluding hydrogens is 86.0 g/mol. The predicted octanol–water partition coefficient (Wildman–Crippen LogP) is 1.63. The van der Waals surface area contributed by atoms with Gasteiger partial charge >= 0.3 is 0 Å². The van der Waals surface area contributed by atoms with Gasteiger partial charge in [-0.05, 0) is 6.08 Å². The average molecular weight is 91.1 g/mol. The summed E-state index contributed by atoms with van der Waals surface area (Å²) < 4.78 is 22.5. The van der Waals surface area contributed by atoms with E-state index in [-0.39, 0.29) is 0 Å². The van der Waals surface area contributed by atoms with Crippen LogP contribution in [0.2, 0.25) is 0 Å². The largest absolute Gasteiger partial charge is 0.264 e. The Hall–Kier alpha value is -0.400. The quantitative estimate of drug-likeness (QED) is 0.460. The van der Waals surface area contributed by atoms with Gasteiger partial charge in [-0.1, -0.05) is 6.58 Å². The Bertz CT molecular complexity index is 51.1. The van der Waals surface area contributed by atoms with E-state index in [4.69, 9.17) is 0 Å². The zero-order valence-electron chi connectivity index (χ0n) is 3.41. The topological polar surface area (TPSA) is 0 Å². The first-order valence-electron chi connectivity index (χ1n) is 1.50. The monoisotopic (exact) mass is 91.0 g/mol. The van der Waals surface area contributed by atoms with Gasteiger partial charge in [0.1, 0.15) is 0 Å². The number of hydrogen-bond donors (Lipinski definition) is 0. The van der Waals surface area contributed by atoms with Crippen molar-refractivity contribution < 1.29 is 8.78 Å². The third kappa shape index (κ3) is 3.60. The normalized spacial score (nSPS) is 11.2. The van der Waals surface area contributed by atoms with Crippen LogP contribution in [-0.2, 0) is 0 Å². The summed E-state index contributed by atoms with van der Waals surface area (Å²) >= 11 is 0. The van der Waals surface area contributed by atoms with Crippen LogP contribution in [0.4, 0.5) is 8.78 Å². The van der Waals surface area contributed by atoms with Crippen LogP contribution >= 0.6 is 0 Å². The summed E-state index contributed by atoms with van der Waals surface area (Å²) in [6, 6.07) is 0. The number of alkyl halides is 2. The summed E-state index contributed by atoms with van der Waals surface area (Å²) in [5.74, 6) is -2.81. The third-order valence-corrected chi connectivity index (χ3v) is 0.293. The predicted molar refractivity (Wildman–Crippen MR) is 19.5 cm³/mol. The first-order chi connectivity index (χ1) is 2.56. The summed E-state index contributed by atoms with van der Waals surface area (Å²) in [5, 5.41) is 0. The molecule has 0 aliphatic heterocycles. The van der Waals surface area contributed by atoms with Crippen LogP contribution in [0.3, 0.4) is 0 Å². The van der Waals surface area contributed by atoms with Gasteiger partial charge in [0.2, 0.25) is 0 Å². The van der Waals surface area contributed by atoms with E-state index >= 15 is 0 Å². The maximum absolute atomic E-state index is 11.3. The van der Waals surface area contributed by atoms with E-state index in [0.717, 1.165) is 6.92 Å². The molecule has 6 heavy (non-hydrogen) atoms. The van der Waals surface area contributed by atoms with Crippen molar-refractivity contribution in [3.05, 3.63) is 12.7 Å². The molecule has 0 aromatic carbocycles. The highest BCUT2D eigenvalue weighted by Gasteiger charge is 2.12. The molecule has 1 radical (unpaired) electrons. The smallest absolute Gasteiger partial charge is 0.202 e. The minimum absolute atomic E-state index is 0.354. The molecule has 0 bridgehead atoms. The highest BCUT2D eigenvalue weighted by molar-refractivity contribution is 4.78. The lowest BCUT2D eigenvalue weighted by Crippen LogP contribution is -2.01. The van der Waals surface area contributed by atoms with Gasteiger partial charge in [0.05, 0.1) is 0 Å². The second-order valence-corrected chi connectivity index (χ2v) is 1.12. The van der Waals surface area contributed by atoms with Gasteiger partial charge in [0.15, 0.2) is 0 Å². The van der Waals surface area contributed by atoms with Crippen molar-refractivity contribution in [1.82, 2.24) is 0 Å². The Labute approximate surface area is 35.5 Å². The first-order valence-corrected chi connectivity index (χ1v) is 1.50. The molecule has 0 aromatic heterocycles. The number of hydrogen-bond acceptors (Lipinski definition) is 0. The van der Waals surface area contributed by atoms with Crippen molar-refractivity contribution in [2.45, 2.75) is 12.8 Å². The first kappa shape index (κ1) is 5.60. The van der Waals surface area contributed by atoms with E-state index in [1.807, 2.05) is 0 Å². The molecule has 0 rings (SSSR count). The van der Waals surface area contributed by atoms with Crippen molar-refractivity contribution in [2.75, 3.05) is 0 Å². The fourth-order valence-electron chi connectivity index (χ4n) is 0. The molecule has 0 amide bonds. The van der Waals surface area contributed by atoms with Gasteiger partial charge in [0.25, 0.3) is 5.92 Å². The molecule has 0 saturated carbocycles. The standard InChI is InChI=1S/C4H5F2/c1-3-4(2,5)6/h1,3H,2H3. The molecule has 2 heteroatoms. The molecule has 0 unspecified atom stereocenters. The lowest BCUT2D eigenvalue weighted by atomic mass is 10.4. The molecule has 0 aliphatic rings. The number of halogens is 2. The van der Waals surface area contributed by atoms with Gasteiger partial charge in [-0.2, -0.15) is 0 Å². The summed E-state index contributed by atoms with van der Waals surface area (Å²) in [6.45, 7) is 5.16. The zero-order valence-corrected chi connectivity index (χ0v) is 3.41. The van der Waals surface area contributed by atoms with Crippen molar-refractivity contribution in [3.63, 3.8) is 0 Å². The van der Waals surface area contributed by atoms with Gasteiger partial charge < -0.3 is 0 Å². The average Bonchev–Trinajstić information content (AvgIpc) is 1.35. The van der Waals surface area contributed by atoms with Crippen LogP contribution in [0.15, 0.2) is 6.08 Å². The molecular formula is C4H5F2.